The zero-order chi connectivity index (χ0) is 19.3. The fourth-order valence-corrected chi connectivity index (χ4v) is 2.86. The predicted molar refractivity (Wildman–Crippen MR) is 107 cm³/mol. The van der Waals surface area contributed by atoms with Crippen molar-refractivity contribution in [3.63, 3.8) is 0 Å². The number of alkyl halides is 1. The molecule has 0 aliphatic rings. The Balaban J connectivity index is 1.57. The molecule has 0 saturated heterocycles. The van der Waals surface area contributed by atoms with Crippen LogP contribution in [0.25, 0.3) is 16.6 Å². The number of benzene rings is 2. The minimum atomic E-state index is -0.341. The summed E-state index contributed by atoms with van der Waals surface area (Å²) in [7, 11) is 0. The van der Waals surface area contributed by atoms with Gasteiger partial charge in [-0.15, -0.1) is 16.7 Å². The van der Waals surface area contributed by atoms with Gasteiger partial charge in [0.05, 0.1) is 12.1 Å². The highest BCUT2D eigenvalue weighted by molar-refractivity contribution is 6.17. The average molecular weight is 398 g/mol. The van der Waals surface area contributed by atoms with E-state index in [2.05, 4.69) is 20.4 Å². The molecule has 2 heterocycles. The summed E-state index contributed by atoms with van der Waals surface area (Å²) < 4.78 is 21.1. The number of nitrogens with zero attached hydrogens (tertiary/aromatic N) is 4. The molecular formula is C20H17ClFN5O. The Morgan fingerprint density at radius 1 is 1.11 bits per heavy atom. The van der Waals surface area contributed by atoms with E-state index in [0.29, 0.717) is 29.8 Å². The molecule has 142 valence electrons. The lowest BCUT2D eigenvalue weighted by molar-refractivity contribution is 0.318. The molecule has 0 radical (unpaired) electrons. The van der Waals surface area contributed by atoms with Gasteiger partial charge >= 0.3 is 0 Å². The molecule has 1 N–H and O–H groups in total. The number of hydrogen-bond donors (Lipinski definition) is 1. The number of fused-ring (bicyclic) bond motifs is 1. The van der Waals surface area contributed by atoms with Gasteiger partial charge < -0.3 is 10.1 Å². The number of anilines is 2. The zero-order valence-corrected chi connectivity index (χ0v) is 15.6. The van der Waals surface area contributed by atoms with Crippen LogP contribution in [0.3, 0.4) is 0 Å². The van der Waals surface area contributed by atoms with E-state index in [9.17, 15) is 4.39 Å². The first-order valence-electron chi connectivity index (χ1n) is 8.76. The van der Waals surface area contributed by atoms with Crippen molar-refractivity contribution in [1.29, 1.82) is 0 Å². The van der Waals surface area contributed by atoms with Gasteiger partial charge in [0.1, 0.15) is 29.4 Å². The van der Waals surface area contributed by atoms with Crippen molar-refractivity contribution < 1.29 is 9.13 Å². The van der Waals surface area contributed by atoms with Crippen LogP contribution >= 0.6 is 11.6 Å². The van der Waals surface area contributed by atoms with E-state index in [1.807, 2.05) is 18.2 Å². The highest BCUT2D eigenvalue weighted by atomic mass is 35.5. The number of ether oxygens (including phenoxy) is 1. The third-order valence-electron chi connectivity index (χ3n) is 4.09. The molecule has 4 aromatic rings. The van der Waals surface area contributed by atoms with Crippen molar-refractivity contribution in [2.45, 2.75) is 6.42 Å². The van der Waals surface area contributed by atoms with Gasteiger partial charge in [-0.1, -0.05) is 12.1 Å². The highest BCUT2D eigenvalue weighted by Gasteiger charge is 2.09. The molecule has 0 spiro atoms. The van der Waals surface area contributed by atoms with Gasteiger partial charge in [-0.25, -0.2) is 19.0 Å². The number of halogens is 2. The second-order valence-corrected chi connectivity index (χ2v) is 6.39. The molecule has 4 rings (SSSR count). The summed E-state index contributed by atoms with van der Waals surface area (Å²) in [5.41, 5.74) is 1.12. The summed E-state index contributed by atoms with van der Waals surface area (Å²) in [6.45, 7) is 0.554. The van der Waals surface area contributed by atoms with E-state index in [-0.39, 0.29) is 5.82 Å². The molecule has 0 fully saturated rings. The first kappa shape index (κ1) is 18.2. The lowest BCUT2D eigenvalue weighted by Gasteiger charge is -2.09. The van der Waals surface area contributed by atoms with Crippen molar-refractivity contribution in [1.82, 2.24) is 19.7 Å². The minimum absolute atomic E-state index is 0.341. The lowest BCUT2D eigenvalue weighted by Crippen LogP contribution is -2.01. The van der Waals surface area contributed by atoms with E-state index in [4.69, 9.17) is 16.3 Å². The number of rotatable bonds is 7. The van der Waals surface area contributed by atoms with Crippen LogP contribution in [0.1, 0.15) is 6.42 Å². The fourth-order valence-electron chi connectivity index (χ4n) is 2.75. The normalized spacial score (nSPS) is 10.9. The smallest absolute Gasteiger partial charge is 0.153 e. The van der Waals surface area contributed by atoms with Crippen molar-refractivity contribution >= 4 is 34.1 Å². The molecular weight excluding hydrogens is 381 g/mol. The van der Waals surface area contributed by atoms with Crippen LogP contribution in [-0.4, -0.2) is 32.2 Å². The molecule has 0 unspecified atom stereocenters. The molecule has 8 heteroatoms. The Morgan fingerprint density at radius 3 is 2.86 bits per heavy atom. The molecule has 0 aliphatic heterocycles. The quantitative estimate of drug-likeness (QED) is 0.361. The van der Waals surface area contributed by atoms with Gasteiger partial charge in [-0.3, -0.25) is 0 Å². The van der Waals surface area contributed by atoms with E-state index < -0.39 is 0 Å². The zero-order valence-electron chi connectivity index (χ0n) is 14.8. The maximum Gasteiger partial charge on any atom is 0.153 e. The van der Waals surface area contributed by atoms with Crippen LogP contribution in [0.2, 0.25) is 0 Å². The van der Waals surface area contributed by atoms with Crippen LogP contribution in [0.5, 0.6) is 5.75 Å². The summed E-state index contributed by atoms with van der Waals surface area (Å²) >= 11 is 5.67. The molecule has 0 aliphatic carbocycles. The van der Waals surface area contributed by atoms with Gasteiger partial charge in [0.25, 0.3) is 0 Å². The monoisotopic (exact) mass is 397 g/mol. The second kappa shape index (κ2) is 8.22. The number of para-hydroxylation sites is 1. The van der Waals surface area contributed by atoms with Gasteiger partial charge in [-0.05, 0) is 30.7 Å². The molecule has 28 heavy (non-hydrogen) atoms. The van der Waals surface area contributed by atoms with Crippen LogP contribution in [0.4, 0.5) is 16.0 Å². The van der Waals surface area contributed by atoms with Crippen LogP contribution in [0.15, 0.2) is 61.1 Å². The lowest BCUT2D eigenvalue weighted by atomic mass is 10.2. The molecule has 6 nitrogen and oxygen atoms in total. The Kier molecular flexibility index (Phi) is 5.34. The van der Waals surface area contributed by atoms with Gasteiger partial charge in [0.15, 0.2) is 5.82 Å². The van der Waals surface area contributed by atoms with Gasteiger partial charge in [0.2, 0.25) is 0 Å². The van der Waals surface area contributed by atoms with E-state index >= 15 is 0 Å². The minimum Gasteiger partial charge on any atom is -0.493 e. The fraction of sp³-hybridized carbons (Fsp3) is 0.150. The molecule has 0 bridgehead atoms. The molecule has 0 atom stereocenters. The van der Waals surface area contributed by atoms with Gasteiger partial charge in [-0.2, -0.15) is 0 Å². The van der Waals surface area contributed by atoms with Gasteiger partial charge in [0, 0.05) is 29.6 Å². The Morgan fingerprint density at radius 2 is 2.00 bits per heavy atom. The van der Waals surface area contributed by atoms with Crippen LogP contribution in [-0.2, 0) is 0 Å². The highest BCUT2D eigenvalue weighted by Crippen LogP contribution is 2.26. The summed E-state index contributed by atoms with van der Waals surface area (Å²) in [6, 6.07) is 13.8. The third kappa shape index (κ3) is 3.89. The van der Waals surface area contributed by atoms with Crippen LogP contribution in [0, 0.1) is 5.82 Å². The molecule has 2 aromatic heterocycles. The Bertz CT molecular complexity index is 1100. The van der Waals surface area contributed by atoms with Crippen molar-refractivity contribution in [3.05, 3.63) is 66.9 Å². The van der Waals surface area contributed by atoms with Crippen molar-refractivity contribution in [2.24, 2.45) is 0 Å². The summed E-state index contributed by atoms with van der Waals surface area (Å²) in [5.74, 6) is 2.10. The molecule has 0 saturated carbocycles. The third-order valence-corrected chi connectivity index (χ3v) is 4.36. The summed E-state index contributed by atoms with van der Waals surface area (Å²) in [5, 5.41) is 8.37. The maximum atomic E-state index is 13.9. The number of nitrogens with one attached hydrogen (secondary N) is 1. The topological polar surface area (TPSA) is 64.9 Å². The first-order valence-corrected chi connectivity index (χ1v) is 9.29. The van der Waals surface area contributed by atoms with Crippen LogP contribution < -0.4 is 10.1 Å². The maximum absolute atomic E-state index is 13.9. The standard InChI is InChI=1S/C20H17ClFN5O/c21-9-3-11-28-14-6-7-15-17(12-14)23-13-24-20(15)25-19-8-10-27(26-19)18-5-2-1-4-16(18)22/h1-2,4-8,10,12-13H,3,9,11H2,(H,23,24,25,26). The summed E-state index contributed by atoms with van der Waals surface area (Å²) in [6.07, 6.45) is 3.94. The van der Waals surface area contributed by atoms with E-state index in [1.54, 1.807) is 30.5 Å². The van der Waals surface area contributed by atoms with Crippen molar-refractivity contribution in [3.8, 4) is 11.4 Å². The SMILES string of the molecule is Fc1ccccc1-n1ccc(Nc2ncnc3cc(OCCCCl)ccc23)n1. The second-order valence-electron chi connectivity index (χ2n) is 6.01. The largest absolute Gasteiger partial charge is 0.493 e. The number of aromatic nitrogens is 4. The number of hydrogen-bond acceptors (Lipinski definition) is 5. The summed E-state index contributed by atoms with van der Waals surface area (Å²) in [4.78, 5) is 8.61. The average Bonchev–Trinajstić information content (AvgIpc) is 3.17. The Labute approximate surface area is 166 Å². The van der Waals surface area contributed by atoms with E-state index in [0.717, 1.165) is 23.1 Å². The van der Waals surface area contributed by atoms with E-state index in [1.165, 1.54) is 17.1 Å². The first-order chi connectivity index (χ1) is 13.7. The molecule has 0 amide bonds. The predicted octanol–water partition coefficient (Wildman–Crippen LogP) is 4.71. The molecule has 2 aromatic carbocycles. The Hall–Kier alpha value is -3.19. The van der Waals surface area contributed by atoms with Crippen molar-refractivity contribution in [2.75, 3.05) is 17.8 Å².